The molecule has 0 radical (unpaired) electrons. The predicted molar refractivity (Wildman–Crippen MR) is 84.3 cm³/mol. The Morgan fingerprint density at radius 2 is 2.00 bits per heavy atom. The highest BCUT2D eigenvalue weighted by molar-refractivity contribution is 5.49. The molecule has 0 aromatic heterocycles. The van der Waals surface area contributed by atoms with E-state index in [1.54, 1.807) is 13.2 Å². The first-order valence-corrected chi connectivity index (χ1v) is 7.70. The summed E-state index contributed by atoms with van der Waals surface area (Å²) in [5.74, 6) is -0.119. The van der Waals surface area contributed by atoms with Crippen LogP contribution in [0.15, 0.2) is 18.2 Å². The fourth-order valence-electron chi connectivity index (χ4n) is 2.63. The van der Waals surface area contributed by atoms with Crippen LogP contribution in [-0.4, -0.2) is 57.9 Å². The van der Waals surface area contributed by atoms with Crippen LogP contribution in [0.3, 0.4) is 0 Å². The summed E-state index contributed by atoms with van der Waals surface area (Å²) in [6.45, 7) is 9.17. The van der Waals surface area contributed by atoms with E-state index in [1.165, 1.54) is 0 Å². The number of hydrogen-bond donors (Lipinski definition) is 1. The van der Waals surface area contributed by atoms with Gasteiger partial charge in [0.2, 0.25) is 0 Å². The number of nitrogens with zero attached hydrogens (tertiary/aromatic N) is 2. The molecule has 0 unspecified atom stereocenters. The fourth-order valence-corrected chi connectivity index (χ4v) is 2.63. The Labute approximate surface area is 126 Å². The highest BCUT2D eigenvalue weighted by Gasteiger charge is 2.18. The zero-order valence-corrected chi connectivity index (χ0v) is 13.1. The molecule has 0 saturated carbocycles. The molecule has 0 bridgehead atoms. The van der Waals surface area contributed by atoms with Gasteiger partial charge in [0.15, 0.2) is 0 Å². The van der Waals surface area contributed by atoms with Crippen molar-refractivity contribution in [3.8, 4) is 0 Å². The average molecular weight is 295 g/mol. The van der Waals surface area contributed by atoms with Gasteiger partial charge in [-0.2, -0.15) is 0 Å². The van der Waals surface area contributed by atoms with E-state index < -0.39 is 0 Å². The van der Waals surface area contributed by atoms with Crippen LogP contribution in [0.5, 0.6) is 0 Å². The number of methoxy groups -OCH3 is 1. The lowest BCUT2D eigenvalue weighted by atomic mass is 10.1. The Morgan fingerprint density at radius 1 is 1.24 bits per heavy atom. The molecule has 1 N–H and O–H groups in total. The first-order valence-electron chi connectivity index (χ1n) is 7.70. The Morgan fingerprint density at radius 3 is 2.62 bits per heavy atom. The van der Waals surface area contributed by atoms with Crippen LogP contribution >= 0.6 is 0 Å². The number of rotatable bonds is 7. The molecule has 118 valence electrons. The van der Waals surface area contributed by atoms with Crippen LogP contribution in [-0.2, 0) is 11.3 Å². The number of nitrogens with one attached hydrogen (secondary N) is 1. The number of halogens is 1. The van der Waals surface area contributed by atoms with Crippen molar-refractivity contribution >= 4 is 5.69 Å². The third-order valence-electron chi connectivity index (χ3n) is 3.98. The van der Waals surface area contributed by atoms with Crippen LogP contribution in [0.25, 0.3) is 0 Å². The Balaban J connectivity index is 1.90. The van der Waals surface area contributed by atoms with Gasteiger partial charge in [-0.3, -0.25) is 0 Å². The zero-order valence-electron chi connectivity index (χ0n) is 13.1. The molecule has 1 aromatic rings. The summed E-state index contributed by atoms with van der Waals surface area (Å²) in [5.41, 5.74) is 1.70. The van der Waals surface area contributed by atoms with Crippen LogP contribution in [0.2, 0.25) is 0 Å². The van der Waals surface area contributed by atoms with Gasteiger partial charge in [0, 0.05) is 46.4 Å². The average Bonchev–Trinajstić information content (AvgIpc) is 2.52. The van der Waals surface area contributed by atoms with Crippen molar-refractivity contribution in [1.29, 1.82) is 0 Å². The fraction of sp³-hybridized carbons (Fsp3) is 0.625. The molecule has 1 fully saturated rings. The zero-order chi connectivity index (χ0) is 15.1. The summed E-state index contributed by atoms with van der Waals surface area (Å²) < 4.78 is 19.3. The Hall–Kier alpha value is -1.17. The largest absolute Gasteiger partial charge is 0.383 e. The lowest BCUT2D eigenvalue weighted by Crippen LogP contribution is -2.46. The number of anilines is 1. The van der Waals surface area contributed by atoms with Gasteiger partial charge >= 0.3 is 0 Å². The second kappa shape index (κ2) is 8.32. The lowest BCUT2D eigenvalue weighted by molar-refractivity contribution is 0.199. The summed E-state index contributed by atoms with van der Waals surface area (Å²) >= 11 is 0. The minimum atomic E-state index is -0.119. The molecule has 5 heteroatoms. The maximum absolute atomic E-state index is 14.3. The summed E-state index contributed by atoms with van der Waals surface area (Å²) in [7, 11) is 1.68. The van der Waals surface area contributed by atoms with Gasteiger partial charge in [-0.05, 0) is 24.2 Å². The quantitative estimate of drug-likeness (QED) is 0.775. The standard InChI is InChI=1S/C16H26FN3O/c1-3-19-7-9-20(10-8-19)16-5-4-14(12-15(16)17)13-18-6-11-21-2/h4-5,12,18H,3,6-11,13H2,1-2H3. The maximum atomic E-state index is 14.3. The number of hydrogen-bond acceptors (Lipinski definition) is 4. The molecule has 1 saturated heterocycles. The van der Waals surface area contributed by atoms with E-state index in [-0.39, 0.29) is 5.82 Å². The molecule has 1 heterocycles. The molecular weight excluding hydrogens is 269 g/mol. The first-order chi connectivity index (χ1) is 10.2. The van der Waals surface area contributed by atoms with Crippen molar-refractivity contribution in [1.82, 2.24) is 10.2 Å². The molecule has 2 rings (SSSR count). The predicted octanol–water partition coefficient (Wildman–Crippen LogP) is 1.70. The monoisotopic (exact) mass is 295 g/mol. The van der Waals surface area contributed by atoms with Gasteiger partial charge < -0.3 is 19.9 Å². The minimum Gasteiger partial charge on any atom is -0.383 e. The molecule has 0 atom stereocenters. The summed E-state index contributed by atoms with van der Waals surface area (Å²) in [6, 6.07) is 5.55. The molecular formula is C16H26FN3O. The van der Waals surface area contributed by atoms with E-state index >= 15 is 0 Å². The van der Waals surface area contributed by atoms with Crippen molar-refractivity contribution in [2.45, 2.75) is 13.5 Å². The van der Waals surface area contributed by atoms with E-state index in [9.17, 15) is 4.39 Å². The SMILES string of the molecule is CCN1CCN(c2ccc(CNCCOC)cc2F)CC1. The Bertz CT molecular complexity index is 434. The topological polar surface area (TPSA) is 27.7 Å². The summed E-state index contributed by atoms with van der Waals surface area (Å²) in [6.07, 6.45) is 0. The van der Waals surface area contributed by atoms with Gasteiger partial charge in [0.05, 0.1) is 12.3 Å². The van der Waals surface area contributed by atoms with E-state index in [4.69, 9.17) is 4.74 Å². The summed E-state index contributed by atoms with van der Waals surface area (Å²) in [4.78, 5) is 4.53. The van der Waals surface area contributed by atoms with Crippen LogP contribution in [0.4, 0.5) is 10.1 Å². The first kappa shape index (κ1) is 16.2. The second-order valence-electron chi connectivity index (χ2n) is 5.38. The number of benzene rings is 1. The van der Waals surface area contributed by atoms with Crippen molar-refractivity contribution in [2.24, 2.45) is 0 Å². The van der Waals surface area contributed by atoms with Crippen molar-refractivity contribution < 1.29 is 9.13 Å². The van der Waals surface area contributed by atoms with Gasteiger partial charge in [-0.25, -0.2) is 4.39 Å². The van der Waals surface area contributed by atoms with Crippen LogP contribution < -0.4 is 10.2 Å². The third-order valence-corrected chi connectivity index (χ3v) is 3.98. The molecule has 21 heavy (non-hydrogen) atoms. The smallest absolute Gasteiger partial charge is 0.146 e. The number of ether oxygens (including phenoxy) is 1. The molecule has 0 amide bonds. The van der Waals surface area contributed by atoms with Gasteiger partial charge in [0.1, 0.15) is 5.82 Å². The Kier molecular flexibility index (Phi) is 6.42. The highest BCUT2D eigenvalue weighted by Crippen LogP contribution is 2.22. The third kappa shape index (κ3) is 4.66. The van der Waals surface area contributed by atoms with E-state index in [1.807, 2.05) is 12.1 Å². The van der Waals surface area contributed by atoms with E-state index in [0.29, 0.717) is 13.2 Å². The van der Waals surface area contributed by atoms with Crippen molar-refractivity contribution in [3.05, 3.63) is 29.6 Å². The van der Waals surface area contributed by atoms with Gasteiger partial charge in [-0.1, -0.05) is 13.0 Å². The maximum Gasteiger partial charge on any atom is 0.146 e. The van der Waals surface area contributed by atoms with Crippen LogP contribution in [0, 0.1) is 5.82 Å². The van der Waals surface area contributed by atoms with Crippen LogP contribution in [0.1, 0.15) is 12.5 Å². The number of piperazine rings is 1. The highest BCUT2D eigenvalue weighted by atomic mass is 19.1. The molecule has 1 aliphatic heterocycles. The molecule has 1 aromatic carbocycles. The van der Waals surface area contributed by atoms with E-state index in [0.717, 1.165) is 50.5 Å². The summed E-state index contributed by atoms with van der Waals surface area (Å²) in [5, 5.41) is 3.23. The molecule has 0 aliphatic carbocycles. The van der Waals surface area contributed by atoms with Gasteiger partial charge in [0.25, 0.3) is 0 Å². The lowest BCUT2D eigenvalue weighted by Gasteiger charge is -2.35. The normalized spacial score (nSPS) is 16.4. The van der Waals surface area contributed by atoms with Crippen molar-refractivity contribution in [2.75, 3.05) is 57.9 Å². The molecule has 4 nitrogen and oxygen atoms in total. The van der Waals surface area contributed by atoms with E-state index in [2.05, 4.69) is 22.0 Å². The second-order valence-corrected chi connectivity index (χ2v) is 5.38. The number of likely N-dealkylation sites (N-methyl/N-ethyl adjacent to an activating group) is 1. The van der Waals surface area contributed by atoms with Gasteiger partial charge in [-0.15, -0.1) is 0 Å². The van der Waals surface area contributed by atoms with Crippen molar-refractivity contribution in [3.63, 3.8) is 0 Å². The minimum absolute atomic E-state index is 0.119. The molecule has 0 spiro atoms. The molecule has 1 aliphatic rings.